The molecule has 10 heteroatoms. The van der Waals surface area contributed by atoms with Gasteiger partial charge in [-0.1, -0.05) is 17.7 Å². The van der Waals surface area contributed by atoms with E-state index in [0.717, 1.165) is 11.1 Å². The highest BCUT2D eigenvalue weighted by molar-refractivity contribution is 6.31. The Bertz CT molecular complexity index is 1510. The molecule has 35 heavy (non-hydrogen) atoms. The number of aryl methyl sites for hydroxylation is 1. The highest BCUT2D eigenvalue weighted by Gasteiger charge is 2.20. The summed E-state index contributed by atoms with van der Waals surface area (Å²) in [4.78, 5) is 19.2. The van der Waals surface area contributed by atoms with Gasteiger partial charge in [-0.2, -0.15) is 5.10 Å². The Kier molecular flexibility index (Phi) is 6.00. The van der Waals surface area contributed by atoms with Crippen molar-refractivity contribution in [2.75, 3.05) is 11.9 Å². The van der Waals surface area contributed by atoms with Gasteiger partial charge in [0.15, 0.2) is 17.7 Å². The lowest BCUT2D eigenvalue weighted by Crippen LogP contribution is -2.14. The van der Waals surface area contributed by atoms with E-state index in [1.54, 1.807) is 53.4 Å². The van der Waals surface area contributed by atoms with Crippen LogP contribution in [0.1, 0.15) is 18.9 Å². The van der Waals surface area contributed by atoms with Gasteiger partial charge >= 0.3 is 0 Å². The SMILES string of the molecule is C[C@H](Oc1cc2c(N(C)c3cccc(Cl)c3F)ncnc2cc1-c1cnn(C)c1)c1ncccn1. The zero-order valence-electron chi connectivity index (χ0n) is 19.2. The first-order chi connectivity index (χ1) is 16.9. The van der Waals surface area contributed by atoms with Gasteiger partial charge in [0.05, 0.1) is 22.4 Å². The Hall–Kier alpha value is -4.11. The first kappa shape index (κ1) is 22.7. The summed E-state index contributed by atoms with van der Waals surface area (Å²) >= 11 is 6.02. The van der Waals surface area contributed by atoms with Crippen molar-refractivity contribution in [3.05, 3.63) is 84.2 Å². The molecule has 0 saturated heterocycles. The van der Waals surface area contributed by atoms with E-state index in [1.165, 1.54) is 12.4 Å². The minimum atomic E-state index is -0.526. The standard InChI is InChI=1S/C25H21ClFN7O/c1-15(24-28-8-5-9-29-24)35-22-11-18-20(10-17(22)16-12-32-33(2)13-16)30-14-31-25(18)34(3)21-7-4-6-19(26)23(21)27/h4-15H,1-3H3/t15-/m0/s1. The van der Waals surface area contributed by atoms with Crippen LogP contribution in [0.4, 0.5) is 15.9 Å². The maximum Gasteiger partial charge on any atom is 0.168 e. The van der Waals surface area contributed by atoms with Crippen LogP contribution in [0.3, 0.4) is 0 Å². The molecule has 0 spiro atoms. The molecule has 0 unspecified atom stereocenters. The van der Waals surface area contributed by atoms with Crippen LogP contribution in [0.15, 0.2) is 67.5 Å². The third-order valence-corrected chi connectivity index (χ3v) is 5.89. The molecule has 5 rings (SSSR count). The zero-order chi connectivity index (χ0) is 24.5. The van der Waals surface area contributed by atoms with E-state index in [1.807, 2.05) is 32.3 Å². The highest BCUT2D eigenvalue weighted by Crippen LogP contribution is 2.39. The molecule has 0 aliphatic rings. The lowest BCUT2D eigenvalue weighted by molar-refractivity contribution is 0.217. The van der Waals surface area contributed by atoms with E-state index in [-0.39, 0.29) is 5.02 Å². The fourth-order valence-corrected chi connectivity index (χ4v) is 4.02. The third-order valence-electron chi connectivity index (χ3n) is 5.59. The number of halogens is 2. The van der Waals surface area contributed by atoms with Crippen molar-refractivity contribution in [1.82, 2.24) is 29.7 Å². The van der Waals surface area contributed by atoms with E-state index in [9.17, 15) is 4.39 Å². The summed E-state index contributed by atoms with van der Waals surface area (Å²) in [5.41, 5.74) is 2.62. The van der Waals surface area contributed by atoms with Crippen molar-refractivity contribution < 1.29 is 9.13 Å². The molecule has 0 aliphatic heterocycles. The van der Waals surface area contributed by atoms with Crippen LogP contribution in [0.2, 0.25) is 5.02 Å². The van der Waals surface area contributed by atoms with Gasteiger partial charge in [0.25, 0.3) is 0 Å². The summed E-state index contributed by atoms with van der Waals surface area (Å²) < 4.78 is 22.9. The molecule has 0 bridgehead atoms. The first-order valence-electron chi connectivity index (χ1n) is 10.8. The average molecular weight is 490 g/mol. The average Bonchev–Trinajstić information content (AvgIpc) is 3.31. The number of anilines is 2. The van der Waals surface area contributed by atoms with Crippen LogP contribution in [0.5, 0.6) is 5.75 Å². The molecule has 3 heterocycles. The zero-order valence-corrected chi connectivity index (χ0v) is 20.0. The highest BCUT2D eigenvalue weighted by atomic mass is 35.5. The second-order valence-corrected chi connectivity index (χ2v) is 8.37. The number of ether oxygens (including phenoxy) is 1. The lowest BCUT2D eigenvalue weighted by Gasteiger charge is -2.22. The minimum absolute atomic E-state index is 0.0345. The third kappa shape index (κ3) is 4.38. The summed E-state index contributed by atoms with van der Waals surface area (Å²) in [7, 11) is 3.58. The summed E-state index contributed by atoms with van der Waals surface area (Å²) in [6, 6.07) is 10.4. The van der Waals surface area contributed by atoms with E-state index >= 15 is 0 Å². The second-order valence-electron chi connectivity index (χ2n) is 7.96. The second kappa shape index (κ2) is 9.27. The molecule has 0 amide bonds. The van der Waals surface area contributed by atoms with Gasteiger partial charge in [-0.05, 0) is 37.3 Å². The van der Waals surface area contributed by atoms with Crippen LogP contribution in [-0.4, -0.2) is 36.8 Å². The van der Waals surface area contributed by atoms with Gasteiger partial charge in [0.2, 0.25) is 0 Å². The van der Waals surface area contributed by atoms with Gasteiger partial charge in [-0.15, -0.1) is 0 Å². The number of rotatable bonds is 6. The molecule has 1 atom stereocenters. The summed E-state index contributed by atoms with van der Waals surface area (Å²) in [6.07, 6.45) is 8.02. The Morgan fingerprint density at radius 3 is 2.63 bits per heavy atom. The molecule has 0 saturated carbocycles. The molecule has 0 radical (unpaired) electrons. The van der Waals surface area contributed by atoms with Crippen molar-refractivity contribution in [3.8, 4) is 16.9 Å². The smallest absolute Gasteiger partial charge is 0.168 e. The quantitative estimate of drug-likeness (QED) is 0.310. The van der Waals surface area contributed by atoms with Gasteiger partial charge in [-0.3, -0.25) is 4.68 Å². The lowest BCUT2D eigenvalue weighted by atomic mass is 10.0. The van der Waals surface area contributed by atoms with Gasteiger partial charge in [-0.25, -0.2) is 24.3 Å². The molecule has 2 aromatic carbocycles. The van der Waals surface area contributed by atoms with Gasteiger partial charge in [0.1, 0.15) is 17.9 Å². The molecule has 0 N–H and O–H groups in total. The fraction of sp³-hybridized carbons (Fsp3) is 0.160. The molecule has 3 aromatic heterocycles. The van der Waals surface area contributed by atoms with Gasteiger partial charge in [0, 0.05) is 49.2 Å². The molecule has 5 aromatic rings. The predicted molar refractivity (Wildman–Crippen MR) is 132 cm³/mol. The normalized spacial score (nSPS) is 12.0. The summed E-state index contributed by atoms with van der Waals surface area (Å²) in [5.74, 6) is 1.10. The summed E-state index contributed by atoms with van der Waals surface area (Å²) in [5, 5.41) is 5.01. The maximum atomic E-state index is 14.8. The van der Waals surface area contributed by atoms with E-state index in [4.69, 9.17) is 16.3 Å². The molecular weight excluding hydrogens is 469 g/mol. The Morgan fingerprint density at radius 2 is 1.89 bits per heavy atom. The van der Waals surface area contributed by atoms with Crippen molar-refractivity contribution >= 4 is 34.0 Å². The largest absolute Gasteiger partial charge is 0.482 e. The minimum Gasteiger partial charge on any atom is -0.482 e. The maximum absolute atomic E-state index is 14.8. The van der Waals surface area contributed by atoms with Crippen molar-refractivity contribution in [2.45, 2.75) is 13.0 Å². The van der Waals surface area contributed by atoms with E-state index < -0.39 is 11.9 Å². The Balaban J connectivity index is 1.66. The number of hydrogen-bond acceptors (Lipinski definition) is 7. The first-order valence-corrected chi connectivity index (χ1v) is 11.2. The van der Waals surface area contributed by atoms with Crippen LogP contribution >= 0.6 is 11.6 Å². The number of benzene rings is 2. The number of aromatic nitrogens is 6. The number of nitrogens with zero attached hydrogens (tertiary/aromatic N) is 7. The molecule has 8 nitrogen and oxygen atoms in total. The predicted octanol–water partition coefficient (Wildman–Crippen LogP) is 5.52. The topological polar surface area (TPSA) is 81.9 Å². The number of hydrogen-bond donors (Lipinski definition) is 0. The molecule has 0 aliphatic carbocycles. The molecule has 0 fully saturated rings. The van der Waals surface area contributed by atoms with Crippen LogP contribution in [0.25, 0.3) is 22.0 Å². The summed E-state index contributed by atoms with van der Waals surface area (Å²) in [6.45, 7) is 1.88. The van der Waals surface area contributed by atoms with Crippen molar-refractivity contribution in [2.24, 2.45) is 7.05 Å². The van der Waals surface area contributed by atoms with Gasteiger partial charge < -0.3 is 9.64 Å². The monoisotopic (exact) mass is 489 g/mol. The molecular formula is C25H21ClFN7O. The van der Waals surface area contributed by atoms with E-state index in [0.29, 0.717) is 34.0 Å². The molecule has 176 valence electrons. The van der Waals surface area contributed by atoms with Crippen LogP contribution in [-0.2, 0) is 7.05 Å². The van der Waals surface area contributed by atoms with Crippen molar-refractivity contribution in [1.29, 1.82) is 0 Å². The van der Waals surface area contributed by atoms with Crippen molar-refractivity contribution in [3.63, 3.8) is 0 Å². The Labute approximate surface area is 206 Å². The fourth-order valence-electron chi connectivity index (χ4n) is 3.85. The number of fused-ring (bicyclic) bond motifs is 1. The van der Waals surface area contributed by atoms with E-state index in [2.05, 4.69) is 25.0 Å². The van der Waals surface area contributed by atoms with Crippen LogP contribution in [0, 0.1) is 5.82 Å². The van der Waals surface area contributed by atoms with Crippen LogP contribution < -0.4 is 9.64 Å². The Morgan fingerprint density at radius 1 is 1.09 bits per heavy atom.